The first-order chi connectivity index (χ1) is 13.3. The minimum Gasteiger partial charge on any atom is -0.324 e. The fraction of sp³-hybridized carbons (Fsp3) is 0.391. The average molecular weight is 381 g/mol. The van der Waals surface area contributed by atoms with E-state index in [2.05, 4.69) is 24.1 Å². The van der Waals surface area contributed by atoms with Gasteiger partial charge in [0.25, 0.3) is 0 Å². The van der Waals surface area contributed by atoms with Crippen molar-refractivity contribution in [3.8, 4) is 0 Å². The molecule has 1 atom stereocenters. The number of nitrogens with zero attached hydrogens (tertiary/aromatic N) is 2. The number of nitrogens with one attached hydrogen (secondary N) is 1. The van der Waals surface area contributed by atoms with Crippen LogP contribution >= 0.6 is 0 Å². The summed E-state index contributed by atoms with van der Waals surface area (Å²) in [6.07, 6.45) is 3.73. The number of alkyl halides is 1. The standard InChI is InChI=1S/C23H28FN3O/c1-15(2)6-5-7-23(28)26-20-9-11-22(25-17(20)4)27-14-19(24)13-18-12-16(3)8-10-21(18)27/h5-6,8-12,15,19H,7,13-14H2,1-4H3,(H,26,28)/b6-5+. The van der Waals surface area contributed by atoms with Crippen molar-refractivity contribution in [2.75, 3.05) is 16.8 Å². The number of fused-ring (bicyclic) bond motifs is 1. The Hall–Kier alpha value is -2.69. The van der Waals surface area contributed by atoms with Gasteiger partial charge in [0, 0.05) is 18.5 Å². The molecule has 1 aliphatic rings. The summed E-state index contributed by atoms with van der Waals surface area (Å²) in [5.41, 5.74) is 4.54. The Bertz CT molecular complexity index is 891. The number of rotatable bonds is 5. The lowest BCUT2D eigenvalue weighted by Crippen LogP contribution is -2.33. The summed E-state index contributed by atoms with van der Waals surface area (Å²) >= 11 is 0. The molecule has 5 heteroatoms. The molecule has 2 aromatic rings. The molecule has 0 radical (unpaired) electrons. The van der Waals surface area contributed by atoms with Gasteiger partial charge in [0.05, 0.1) is 17.9 Å². The number of allylic oxidation sites excluding steroid dienone is 1. The van der Waals surface area contributed by atoms with Crippen molar-refractivity contribution in [2.45, 2.75) is 46.7 Å². The number of carbonyl (C=O) groups excluding carboxylic acids is 1. The Morgan fingerprint density at radius 3 is 2.82 bits per heavy atom. The number of pyridine rings is 1. The van der Waals surface area contributed by atoms with Crippen molar-refractivity contribution >= 4 is 23.1 Å². The van der Waals surface area contributed by atoms with Crippen LogP contribution in [0.15, 0.2) is 42.5 Å². The second-order valence-electron chi connectivity index (χ2n) is 7.77. The Labute approximate surface area is 166 Å². The zero-order chi connectivity index (χ0) is 20.3. The maximum absolute atomic E-state index is 14.3. The topological polar surface area (TPSA) is 45.2 Å². The third-order valence-corrected chi connectivity index (χ3v) is 4.79. The molecule has 1 aliphatic heterocycles. The van der Waals surface area contributed by atoms with E-state index >= 15 is 0 Å². The highest BCUT2D eigenvalue weighted by Crippen LogP contribution is 2.34. The van der Waals surface area contributed by atoms with Crippen molar-refractivity contribution in [1.82, 2.24) is 4.98 Å². The summed E-state index contributed by atoms with van der Waals surface area (Å²) in [6, 6.07) is 9.80. The van der Waals surface area contributed by atoms with Gasteiger partial charge < -0.3 is 10.2 Å². The lowest BCUT2D eigenvalue weighted by atomic mass is 9.98. The molecule has 28 heavy (non-hydrogen) atoms. The van der Waals surface area contributed by atoms with Gasteiger partial charge in [0.15, 0.2) is 0 Å². The van der Waals surface area contributed by atoms with Crippen LogP contribution in [0.5, 0.6) is 0 Å². The van der Waals surface area contributed by atoms with E-state index in [-0.39, 0.29) is 12.5 Å². The molecule has 1 N–H and O–H groups in total. The summed E-state index contributed by atoms with van der Waals surface area (Å²) < 4.78 is 14.3. The number of amides is 1. The molecule has 0 saturated carbocycles. The average Bonchev–Trinajstić information content (AvgIpc) is 2.62. The molecule has 1 unspecified atom stereocenters. The first-order valence-corrected chi connectivity index (χ1v) is 9.78. The van der Waals surface area contributed by atoms with Crippen molar-refractivity contribution < 1.29 is 9.18 Å². The first kappa shape index (κ1) is 20.1. The monoisotopic (exact) mass is 381 g/mol. The van der Waals surface area contributed by atoms with Crippen LogP contribution in [-0.2, 0) is 11.2 Å². The zero-order valence-corrected chi connectivity index (χ0v) is 17.0. The predicted octanol–water partition coefficient (Wildman–Crippen LogP) is 5.27. The van der Waals surface area contributed by atoms with Crippen LogP contribution in [-0.4, -0.2) is 23.6 Å². The van der Waals surface area contributed by atoms with Gasteiger partial charge in [-0.15, -0.1) is 0 Å². The van der Waals surface area contributed by atoms with Crippen LogP contribution in [0.4, 0.5) is 21.6 Å². The minimum atomic E-state index is -0.927. The van der Waals surface area contributed by atoms with Crippen LogP contribution in [0.1, 0.15) is 37.1 Å². The van der Waals surface area contributed by atoms with Gasteiger partial charge >= 0.3 is 0 Å². The Morgan fingerprint density at radius 2 is 2.11 bits per heavy atom. The fourth-order valence-corrected chi connectivity index (χ4v) is 3.44. The summed E-state index contributed by atoms with van der Waals surface area (Å²) in [5, 5.41) is 2.90. The number of aromatic nitrogens is 1. The smallest absolute Gasteiger partial charge is 0.228 e. The molecule has 0 fully saturated rings. The molecule has 0 aliphatic carbocycles. The molecular weight excluding hydrogens is 353 g/mol. The van der Waals surface area contributed by atoms with Gasteiger partial charge in [-0.3, -0.25) is 4.79 Å². The molecular formula is C23H28FN3O. The molecule has 1 amide bonds. The quantitative estimate of drug-likeness (QED) is 0.718. The van der Waals surface area contributed by atoms with E-state index in [9.17, 15) is 9.18 Å². The normalized spacial score (nSPS) is 16.5. The number of carbonyl (C=O) groups is 1. The van der Waals surface area contributed by atoms with Crippen molar-refractivity contribution in [1.29, 1.82) is 0 Å². The van der Waals surface area contributed by atoms with Crippen LogP contribution < -0.4 is 10.2 Å². The molecule has 0 bridgehead atoms. The highest BCUT2D eigenvalue weighted by Gasteiger charge is 2.26. The molecule has 4 nitrogen and oxygen atoms in total. The summed E-state index contributed by atoms with van der Waals surface area (Å²) in [5.74, 6) is 1.05. The fourth-order valence-electron chi connectivity index (χ4n) is 3.44. The van der Waals surface area contributed by atoms with Gasteiger partial charge in [-0.25, -0.2) is 9.37 Å². The van der Waals surface area contributed by atoms with E-state index in [4.69, 9.17) is 0 Å². The lowest BCUT2D eigenvalue weighted by molar-refractivity contribution is -0.115. The minimum absolute atomic E-state index is 0.0721. The molecule has 1 aromatic heterocycles. The predicted molar refractivity (Wildman–Crippen MR) is 113 cm³/mol. The Kier molecular flexibility index (Phi) is 6.12. The lowest BCUT2D eigenvalue weighted by Gasteiger charge is -2.33. The van der Waals surface area contributed by atoms with E-state index in [0.717, 1.165) is 16.8 Å². The molecule has 3 rings (SSSR count). The zero-order valence-electron chi connectivity index (χ0n) is 17.0. The van der Waals surface area contributed by atoms with Crippen LogP contribution in [0, 0.1) is 19.8 Å². The third-order valence-electron chi connectivity index (χ3n) is 4.79. The molecule has 0 saturated heterocycles. The SMILES string of the molecule is Cc1ccc2c(c1)CC(F)CN2c1ccc(NC(=O)C/C=C/C(C)C)c(C)n1. The summed E-state index contributed by atoms with van der Waals surface area (Å²) in [6.45, 7) is 8.30. The van der Waals surface area contributed by atoms with Crippen molar-refractivity contribution in [3.63, 3.8) is 0 Å². The second-order valence-corrected chi connectivity index (χ2v) is 7.77. The van der Waals surface area contributed by atoms with E-state index in [1.165, 1.54) is 0 Å². The number of hydrogen-bond donors (Lipinski definition) is 1. The van der Waals surface area contributed by atoms with Gasteiger partial charge in [-0.2, -0.15) is 0 Å². The van der Waals surface area contributed by atoms with Gasteiger partial charge in [0.2, 0.25) is 5.91 Å². The number of halogens is 1. The third kappa shape index (κ3) is 4.77. The second kappa shape index (κ2) is 8.55. The molecule has 148 valence electrons. The number of benzene rings is 1. The van der Waals surface area contributed by atoms with Crippen molar-refractivity contribution in [2.24, 2.45) is 5.92 Å². The molecule has 1 aromatic carbocycles. The number of anilines is 3. The van der Waals surface area contributed by atoms with Crippen LogP contribution in [0.25, 0.3) is 0 Å². The first-order valence-electron chi connectivity index (χ1n) is 9.78. The molecule has 0 spiro atoms. The van der Waals surface area contributed by atoms with Gasteiger partial charge in [-0.05, 0) is 43.5 Å². The largest absolute Gasteiger partial charge is 0.324 e. The van der Waals surface area contributed by atoms with Crippen LogP contribution in [0.2, 0.25) is 0 Å². The number of aryl methyl sites for hydroxylation is 2. The number of hydrogen-bond acceptors (Lipinski definition) is 3. The highest BCUT2D eigenvalue weighted by molar-refractivity contribution is 5.92. The van der Waals surface area contributed by atoms with Crippen LogP contribution in [0.3, 0.4) is 0 Å². The summed E-state index contributed by atoms with van der Waals surface area (Å²) in [7, 11) is 0. The Morgan fingerprint density at radius 1 is 1.32 bits per heavy atom. The van der Waals surface area contributed by atoms with Crippen molar-refractivity contribution in [3.05, 3.63) is 59.3 Å². The maximum atomic E-state index is 14.3. The van der Waals surface area contributed by atoms with E-state index in [1.54, 1.807) is 0 Å². The van der Waals surface area contributed by atoms with E-state index in [1.807, 2.05) is 61.2 Å². The van der Waals surface area contributed by atoms with Gasteiger partial charge in [-0.1, -0.05) is 43.7 Å². The summed E-state index contributed by atoms with van der Waals surface area (Å²) in [4.78, 5) is 18.7. The van der Waals surface area contributed by atoms with E-state index in [0.29, 0.717) is 36.0 Å². The Balaban J connectivity index is 1.78. The van der Waals surface area contributed by atoms with E-state index < -0.39 is 6.17 Å². The molecule has 2 heterocycles. The maximum Gasteiger partial charge on any atom is 0.228 e. The van der Waals surface area contributed by atoms with Gasteiger partial charge in [0.1, 0.15) is 12.0 Å². The highest BCUT2D eigenvalue weighted by atomic mass is 19.1.